The molecule has 0 aliphatic heterocycles. The summed E-state index contributed by atoms with van der Waals surface area (Å²) in [5.41, 5.74) is 1.99. The fourth-order valence-corrected chi connectivity index (χ4v) is 3.39. The van der Waals surface area contributed by atoms with Crippen LogP contribution in [-0.4, -0.2) is 20.4 Å². The third-order valence-electron chi connectivity index (χ3n) is 3.54. The standard InChI is InChI=1S/C18H13BrN4O2S/c19-14-9-5-4-8-13(14)17-22-21-16(24-17)11-26-18-23-20-15(25-18)10-12-6-2-1-3-7-12/h1-9H,10-11H2. The number of benzene rings is 2. The average molecular weight is 429 g/mol. The van der Waals surface area contributed by atoms with Crippen LogP contribution in [0.15, 0.2) is 73.1 Å². The fraction of sp³-hybridized carbons (Fsp3) is 0.111. The lowest BCUT2D eigenvalue weighted by atomic mass is 10.2. The molecular formula is C18H13BrN4O2S. The van der Waals surface area contributed by atoms with Gasteiger partial charge in [0, 0.05) is 4.47 Å². The molecule has 0 atom stereocenters. The molecule has 130 valence electrons. The number of aromatic nitrogens is 4. The van der Waals surface area contributed by atoms with Crippen LogP contribution in [-0.2, 0) is 12.2 Å². The summed E-state index contributed by atoms with van der Waals surface area (Å²) in [7, 11) is 0. The minimum absolute atomic E-state index is 0.463. The Bertz CT molecular complexity index is 1000. The first-order valence-electron chi connectivity index (χ1n) is 7.84. The number of hydrogen-bond donors (Lipinski definition) is 0. The molecule has 0 unspecified atom stereocenters. The quantitative estimate of drug-likeness (QED) is 0.409. The highest BCUT2D eigenvalue weighted by Gasteiger charge is 2.13. The van der Waals surface area contributed by atoms with Crippen LogP contribution in [0.25, 0.3) is 11.5 Å². The van der Waals surface area contributed by atoms with Crippen LogP contribution in [0, 0.1) is 0 Å². The molecule has 8 heteroatoms. The second kappa shape index (κ2) is 7.84. The smallest absolute Gasteiger partial charge is 0.277 e. The second-order valence-electron chi connectivity index (χ2n) is 5.39. The first-order chi connectivity index (χ1) is 12.8. The van der Waals surface area contributed by atoms with E-state index in [1.807, 2.05) is 54.6 Å². The predicted molar refractivity (Wildman–Crippen MR) is 101 cm³/mol. The summed E-state index contributed by atoms with van der Waals surface area (Å²) in [6.07, 6.45) is 0.612. The van der Waals surface area contributed by atoms with Gasteiger partial charge in [-0.1, -0.05) is 54.2 Å². The van der Waals surface area contributed by atoms with Gasteiger partial charge in [-0.3, -0.25) is 0 Å². The van der Waals surface area contributed by atoms with Crippen LogP contribution in [0.1, 0.15) is 17.3 Å². The van der Waals surface area contributed by atoms with E-state index in [0.29, 0.717) is 35.1 Å². The molecule has 0 spiro atoms. The molecule has 4 rings (SSSR count). The van der Waals surface area contributed by atoms with E-state index < -0.39 is 0 Å². The largest absolute Gasteiger partial charge is 0.420 e. The Kier molecular flexibility index (Phi) is 5.12. The van der Waals surface area contributed by atoms with Crippen LogP contribution < -0.4 is 0 Å². The second-order valence-corrected chi connectivity index (χ2v) is 7.17. The highest BCUT2D eigenvalue weighted by atomic mass is 79.9. The van der Waals surface area contributed by atoms with E-state index in [1.165, 1.54) is 11.8 Å². The molecule has 0 aliphatic carbocycles. The predicted octanol–water partition coefficient (Wildman–Crippen LogP) is 4.77. The minimum atomic E-state index is 0.463. The summed E-state index contributed by atoms with van der Waals surface area (Å²) in [5, 5.41) is 16.8. The Hall–Kier alpha value is -2.45. The summed E-state index contributed by atoms with van der Waals surface area (Å²) >= 11 is 4.85. The topological polar surface area (TPSA) is 77.8 Å². The number of thioether (sulfide) groups is 1. The molecule has 0 aliphatic rings. The monoisotopic (exact) mass is 428 g/mol. The first kappa shape index (κ1) is 17.0. The van der Waals surface area contributed by atoms with Crippen LogP contribution in [0.4, 0.5) is 0 Å². The van der Waals surface area contributed by atoms with Crippen molar-refractivity contribution in [2.75, 3.05) is 0 Å². The maximum absolute atomic E-state index is 5.71. The van der Waals surface area contributed by atoms with Crippen molar-refractivity contribution in [2.24, 2.45) is 0 Å². The maximum atomic E-state index is 5.71. The van der Waals surface area contributed by atoms with Crippen molar-refractivity contribution in [3.05, 3.63) is 76.4 Å². The van der Waals surface area contributed by atoms with Gasteiger partial charge < -0.3 is 8.83 Å². The maximum Gasteiger partial charge on any atom is 0.277 e. The van der Waals surface area contributed by atoms with E-state index in [-0.39, 0.29) is 0 Å². The van der Waals surface area contributed by atoms with Gasteiger partial charge in [0.05, 0.1) is 17.7 Å². The van der Waals surface area contributed by atoms with Gasteiger partial charge in [-0.15, -0.1) is 20.4 Å². The normalized spacial score (nSPS) is 11.0. The first-order valence-corrected chi connectivity index (χ1v) is 9.62. The Morgan fingerprint density at radius 1 is 0.808 bits per heavy atom. The lowest BCUT2D eigenvalue weighted by molar-refractivity contribution is 0.419. The molecule has 0 N–H and O–H groups in total. The van der Waals surface area contributed by atoms with Crippen molar-refractivity contribution in [1.29, 1.82) is 0 Å². The van der Waals surface area contributed by atoms with Crippen molar-refractivity contribution in [2.45, 2.75) is 17.4 Å². The van der Waals surface area contributed by atoms with Gasteiger partial charge in [-0.25, -0.2) is 0 Å². The van der Waals surface area contributed by atoms with Crippen molar-refractivity contribution < 1.29 is 8.83 Å². The zero-order valence-electron chi connectivity index (χ0n) is 13.5. The molecule has 4 aromatic rings. The molecule has 0 bridgehead atoms. The van der Waals surface area contributed by atoms with E-state index >= 15 is 0 Å². The molecule has 0 radical (unpaired) electrons. The Morgan fingerprint density at radius 3 is 2.42 bits per heavy atom. The van der Waals surface area contributed by atoms with Gasteiger partial charge in [0.1, 0.15) is 0 Å². The molecule has 0 fully saturated rings. The molecule has 26 heavy (non-hydrogen) atoms. The zero-order chi connectivity index (χ0) is 17.8. The van der Waals surface area contributed by atoms with Gasteiger partial charge in [0.15, 0.2) is 0 Å². The molecule has 2 aromatic carbocycles. The molecule has 2 aromatic heterocycles. The Balaban J connectivity index is 1.39. The Morgan fingerprint density at radius 2 is 1.58 bits per heavy atom. The summed E-state index contributed by atoms with van der Waals surface area (Å²) in [4.78, 5) is 0. The zero-order valence-corrected chi connectivity index (χ0v) is 15.9. The summed E-state index contributed by atoms with van der Waals surface area (Å²) < 4.78 is 12.3. The molecule has 0 saturated heterocycles. The van der Waals surface area contributed by atoms with Crippen molar-refractivity contribution >= 4 is 27.7 Å². The summed E-state index contributed by atoms with van der Waals surface area (Å²) in [6.45, 7) is 0. The van der Waals surface area contributed by atoms with Gasteiger partial charge in [0.2, 0.25) is 17.7 Å². The summed E-state index contributed by atoms with van der Waals surface area (Å²) in [6, 6.07) is 17.7. The van der Waals surface area contributed by atoms with Gasteiger partial charge in [0.25, 0.3) is 5.22 Å². The van der Waals surface area contributed by atoms with E-state index in [1.54, 1.807) is 0 Å². The van der Waals surface area contributed by atoms with Crippen LogP contribution in [0.3, 0.4) is 0 Å². The Labute approximate surface area is 162 Å². The lowest BCUT2D eigenvalue weighted by Crippen LogP contribution is -1.87. The van der Waals surface area contributed by atoms with Crippen LogP contribution in [0.5, 0.6) is 0 Å². The highest BCUT2D eigenvalue weighted by Crippen LogP contribution is 2.28. The number of halogens is 1. The summed E-state index contributed by atoms with van der Waals surface area (Å²) in [5.74, 6) is 2.02. The SMILES string of the molecule is Brc1ccccc1-c1nnc(CSc2nnc(Cc3ccccc3)o2)o1. The third-order valence-corrected chi connectivity index (χ3v) is 5.03. The molecule has 0 amide bonds. The highest BCUT2D eigenvalue weighted by molar-refractivity contribution is 9.10. The van der Waals surface area contributed by atoms with Gasteiger partial charge >= 0.3 is 0 Å². The van der Waals surface area contributed by atoms with Gasteiger partial charge in [-0.05, 0) is 33.6 Å². The minimum Gasteiger partial charge on any atom is -0.420 e. The van der Waals surface area contributed by atoms with Crippen LogP contribution in [0.2, 0.25) is 0 Å². The van der Waals surface area contributed by atoms with Gasteiger partial charge in [-0.2, -0.15) is 0 Å². The average Bonchev–Trinajstić information content (AvgIpc) is 3.31. The third kappa shape index (κ3) is 4.03. The van der Waals surface area contributed by atoms with E-state index in [9.17, 15) is 0 Å². The fourth-order valence-electron chi connectivity index (χ4n) is 2.32. The van der Waals surface area contributed by atoms with Crippen molar-refractivity contribution in [3.8, 4) is 11.5 Å². The molecule has 2 heterocycles. The lowest BCUT2D eigenvalue weighted by Gasteiger charge is -1.97. The van der Waals surface area contributed by atoms with Crippen molar-refractivity contribution in [1.82, 2.24) is 20.4 Å². The van der Waals surface area contributed by atoms with E-state index in [2.05, 4.69) is 36.3 Å². The van der Waals surface area contributed by atoms with E-state index in [0.717, 1.165) is 15.6 Å². The van der Waals surface area contributed by atoms with E-state index in [4.69, 9.17) is 8.83 Å². The molecule has 6 nitrogen and oxygen atoms in total. The molecular weight excluding hydrogens is 416 g/mol. The number of rotatable bonds is 6. The number of nitrogens with zero attached hydrogens (tertiary/aromatic N) is 4. The van der Waals surface area contributed by atoms with Crippen molar-refractivity contribution in [3.63, 3.8) is 0 Å². The van der Waals surface area contributed by atoms with Crippen LogP contribution >= 0.6 is 27.7 Å². The number of hydrogen-bond acceptors (Lipinski definition) is 7. The molecule has 0 saturated carbocycles.